The molecule has 6 aromatic carbocycles. The van der Waals surface area contributed by atoms with Gasteiger partial charge in [-0.05, 0) is 203 Å². The maximum atomic E-state index is 3.82. The number of benzene rings is 6. The first-order valence-electron chi connectivity index (χ1n) is 19.3. The largest absolute Gasteiger partial charge is 0.0585 e. The Morgan fingerprint density at radius 1 is 0.327 bits per heavy atom. The molecule has 0 N–H and O–H groups in total. The number of halogens is 2. The monoisotopic (exact) mass is 804 g/mol. The van der Waals surface area contributed by atoms with Crippen LogP contribution in [-0.4, -0.2) is 0 Å². The quantitative estimate of drug-likeness (QED) is 0.144. The zero-order valence-corrected chi connectivity index (χ0v) is 33.7. The van der Waals surface area contributed by atoms with Crippen LogP contribution in [0.15, 0.2) is 106 Å². The van der Waals surface area contributed by atoms with Gasteiger partial charge in [-0.1, -0.05) is 117 Å². The Bertz CT molecular complexity index is 2030. The molecule has 0 spiro atoms. The van der Waals surface area contributed by atoms with Crippen LogP contribution >= 0.6 is 31.9 Å². The van der Waals surface area contributed by atoms with Crippen molar-refractivity contribution in [2.75, 3.05) is 0 Å². The van der Waals surface area contributed by atoms with E-state index in [1.807, 2.05) is 0 Å². The van der Waals surface area contributed by atoms with Crippen molar-refractivity contribution in [2.24, 2.45) is 0 Å². The predicted molar refractivity (Wildman–Crippen MR) is 224 cm³/mol. The van der Waals surface area contributed by atoms with Crippen LogP contribution in [0.2, 0.25) is 0 Å². The van der Waals surface area contributed by atoms with Gasteiger partial charge in [0.1, 0.15) is 0 Å². The number of hydrogen-bond donors (Lipinski definition) is 0. The molecule has 0 amide bonds. The fourth-order valence-electron chi connectivity index (χ4n) is 8.53. The van der Waals surface area contributed by atoms with Crippen LogP contribution in [0.1, 0.15) is 100 Å². The average Bonchev–Trinajstić information content (AvgIpc) is 3.07. The van der Waals surface area contributed by atoms with Crippen molar-refractivity contribution in [3.63, 3.8) is 0 Å². The fraction of sp³-hybridized carbons (Fsp3) is 0.280. The van der Waals surface area contributed by atoms with Crippen LogP contribution in [0.4, 0.5) is 0 Å². The minimum Gasteiger partial charge on any atom is -0.0585 e. The Morgan fingerprint density at radius 3 is 0.846 bits per heavy atom. The molecule has 0 aromatic heterocycles. The van der Waals surface area contributed by atoms with E-state index in [2.05, 4.69) is 143 Å². The molecule has 0 atom stereocenters. The summed E-state index contributed by atoms with van der Waals surface area (Å²) in [6.07, 6.45) is 14.1. The Labute approximate surface area is 327 Å². The molecular weight excluding hydrogens is 760 g/mol. The zero-order valence-electron chi connectivity index (χ0n) is 30.5. The van der Waals surface area contributed by atoms with Gasteiger partial charge < -0.3 is 0 Å². The SMILES string of the molecule is Brc1cc(Cc2ccc3c(c2)CC3)c(Br)cc1Cc1ccc2c(c1)CC2.Cc1cc(Cc2ccc3c(c2)CC3)c(C)cc1Cc1ccc2c(c1)CC2. The molecule has 4 aliphatic rings. The Balaban J connectivity index is 0.000000138. The molecule has 0 fully saturated rings. The number of aryl methyl sites for hydroxylation is 10. The lowest BCUT2D eigenvalue weighted by Crippen LogP contribution is -2.09. The molecule has 0 heterocycles. The van der Waals surface area contributed by atoms with E-state index in [1.165, 1.54) is 138 Å². The Kier molecular flexibility index (Phi) is 9.34. The van der Waals surface area contributed by atoms with Gasteiger partial charge in [-0.3, -0.25) is 0 Å². The van der Waals surface area contributed by atoms with Gasteiger partial charge in [-0.15, -0.1) is 0 Å². The maximum absolute atomic E-state index is 3.82. The Morgan fingerprint density at radius 2 is 0.596 bits per heavy atom. The molecule has 0 radical (unpaired) electrons. The summed E-state index contributed by atoms with van der Waals surface area (Å²) in [5, 5.41) is 0. The summed E-state index contributed by atoms with van der Waals surface area (Å²) in [5.74, 6) is 0. The van der Waals surface area contributed by atoms with Crippen molar-refractivity contribution < 1.29 is 0 Å². The summed E-state index contributed by atoms with van der Waals surface area (Å²) in [5.41, 5.74) is 26.6. The molecule has 0 bridgehead atoms. The second-order valence-corrected chi connectivity index (χ2v) is 17.6. The normalized spacial score (nSPS) is 14.2. The second-order valence-electron chi connectivity index (χ2n) is 15.9. The standard InChI is InChI=1S/C26H26.C24H20Br2/c1-17-11-26(16-20-4-6-22-8-10-24(22)14-20)18(2)12-25(17)15-19-3-5-21-7-9-23(21)13-19;25-23-14-22(12-16-2-4-18-6-8-20(18)10-16)24(26)13-21(23)11-15-1-3-17-5-7-19(17)9-15/h3-6,11-14H,7-10,15-16H2,1-2H3;1-4,9-10,13-14H,5-8,11-12H2. The maximum Gasteiger partial charge on any atom is 0.0214 e. The highest BCUT2D eigenvalue weighted by Crippen LogP contribution is 2.33. The van der Waals surface area contributed by atoms with Gasteiger partial charge in [0, 0.05) is 8.95 Å². The van der Waals surface area contributed by atoms with E-state index >= 15 is 0 Å². The van der Waals surface area contributed by atoms with Crippen LogP contribution < -0.4 is 0 Å². The van der Waals surface area contributed by atoms with Gasteiger partial charge in [-0.2, -0.15) is 0 Å². The highest BCUT2D eigenvalue weighted by Gasteiger charge is 2.18. The van der Waals surface area contributed by atoms with Gasteiger partial charge >= 0.3 is 0 Å². The molecule has 0 unspecified atom stereocenters. The summed E-state index contributed by atoms with van der Waals surface area (Å²) >= 11 is 7.63. The van der Waals surface area contributed by atoms with Crippen molar-refractivity contribution in [2.45, 2.75) is 90.9 Å². The third-order valence-electron chi connectivity index (χ3n) is 12.3. The van der Waals surface area contributed by atoms with Gasteiger partial charge in [0.05, 0.1) is 0 Å². The van der Waals surface area contributed by atoms with Crippen LogP contribution in [0.3, 0.4) is 0 Å². The van der Waals surface area contributed by atoms with Gasteiger partial charge in [0.15, 0.2) is 0 Å². The van der Waals surface area contributed by atoms with Gasteiger partial charge in [0.2, 0.25) is 0 Å². The van der Waals surface area contributed by atoms with E-state index in [1.54, 1.807) is 22.3 Å². The topological polar surface area (TPSA) is 0 Å². The van der Waals surface area contributed by atoms with Crippen molar-refractivity contribution >= 4 is 31.9 Å². The van der Waals surface area contributed by atoms with Gasteiger partial charge in [-0.25, -0.2) is 0 Å². The summed E-state index contributed by atoms with van der Waals surface area (Å²) in [6.45, 7) is 4.55. The molecule has 0 aliphatic heterocycles. The van der Waals surface area contributed by atoms with Crippen molar-refractivity contribution in [3.8, 4) is 0 Å². The fourth-order valence-corrected chi connectivity index (χ4v) is 9.59. The van der Waals surface area contributed by atoms with Crippen LogP contribution in [0.25, 0.3) is 0 Å². The van der Waals surface area contributed by atoms with Crippen LogP contribution in [0.5, 0.6) is 0 Å². The van der Waals surface area contributed by atoms with Crippen LogP contribution in [0, 0.1) is 13.8 Å². The third kappa shape index (κ3) is 7.02. The lowest BCUT2D eigenvalue weighted by atomic mass is 9.85. The predicted octanol–water partition coefficient (Wildman–Crippen LogP) is 12.3. The lowest BCUT2D eigenvalue weighted by molar-refractivity contribution is 0.834. The molecule has 4 aliphatic carbocycles. The molecule has 260 valence electrons. The molecule has 10 rings (SSSR count). The van der Waals surface area contributed by atoms with E-state index in [-0.39, 0.29) is 0 Å². The minimum atomic E-state index is 0.978. The molecule has 6 aromatic rings. The highest BCUT2D eigenvalue weighted by molar-refractivity contribution is 9.11. The minimum absolute atomic E-state index is 0.978. The molecule has 0 saturated heterocycles. The average molecular weight is 807 g/mol. The number of rotatable bonds is 8. The van der Waals surface area contributed by atoms with E-state index in [9.17, 15) is 0 Å². The Hall–Kier alpha value is -3.72. The van der Waals surface area contributed by atoms with E-state index in [0.717, 1.165) is 25.7 Å². The summed E-state index contributed by atoms with van der Waals surface area (Å²) < 4.78 is 2.42. The lowest BCUT2D eigenvalue weighted by Gasteiger charge is -2.20. The smallest absolute Gasteiger partial charge is 0.0214 e. The molecule has 0 saturated carbocycles. The first kappa shape index (κ1) is 34.1. The van der Waals surface area contributed by atoms with Crippen molar-refractivity contribution in [1.29, 1.82) is 0 Å². The zero-order chi connectivity index (χ0) is 35.3. The van der Waals surface area contributed by atoms with Crippen molar-refractivity contribution in [1.82, 2.24) is 0 Å². The van der Waals surface area contributed by atoms with E-state index < -0.39 is 0 Å². The van der Waals surface area contributed by atoms with E-state index in [0.29, 0.717) is 0 Å². The first-order valence-corrected chi connectivity index (χ1v) is 20.9. The van der Waals surface area contributed by atoms with Crippen LogP contribution in [-0.2, 0) is 77.0 Å². The van der Waals surface area contributed by atoms with E-state index in [4.69, 9.17) is 0 Å². The summed E-state index contributed by atoms with van der Waals surface area (Å²) in [6, 6.07) is 37.5. The molecule has 0 nitrogen and oxygen atoms in total. The highest BCUT2D eigenvalue weighted by atomic mass is 79.9. The van der Waals surface area contributed by atoms with Crippen molar-refractivity contribution in [3.05, 3.63) is 206 Å². The number of fused-ring (bicyclic) bond motifs is 4. The van der Waals surface area contributed by atoms with Gasteiger partial charge in [0.25, 0.3) is 0 Å². The molecule has 2 heteroatoms. The second kappa shape index (κ2) is 14.3. The third-order valence-corrected chi connectivity index (χ3v) is 13.8. The first-order chi connectivity index (χ1) is 25.3. The summed E-state index contributed by atoms with van der Waals surface area (Å²) in [7, 11) is 0. The summed E-state index contributed by atoms with van der Waals surface area (Å²) in [4.78, 5) is 0. The molecule has 52 heavy (non-hydrogen) atoms. The molecular formula is C50H46Br2. The number of hydrogen-bond acceptors (Lipinski definition) is 0.